The summed E-state index contributed by atoms with van der Waals surface area (Å²) < 4.78 is 9.86. The van der Waals surface area contributed by atoms with Gasteiger partial charge in [-0.05, 0) is 18.8 Å². The Labute approximate surface area is 103 Å². The summed E-state index contributed by atoms with van der Waals surface area (Å²) in [5.41, 5.74) is -0.0940. The number of nitrogens with one attached hydrogen (secondary N) is 1. The van der Waals surface area contributed by atoms with Crippen molar-refractivity contribution in [2.24, 2.45) is 5.41 Å². The fourth-order valence-electron chi connectivity index (χ4n) is 0.887. The number of esters is 1. The van der Waals surface area contributed by atoms with E-state index >= 15 is 0 Å². The van der Waals surface area contributed by atoms with E-state index in [1.54, 1.807) is 6.92 Å². The van der Waals surface area contributed by atoms with Crippen molar-refractivity contribution >= 4 is 12.1 Å². The number of alkyl carbamates (subject to hydrolysis) is 1. The molecule has 0 unspecified atom stereocenters. The number of carbonyl (C=O) groups excluding carboxylic acids is 2. The lowest BCUT2D eigenvalue weighted by molar-refractivity contribution is -0.145. The number of carbonyl (C=O) groups is 2. The highest BCUT2D eigenvalue weighted by molar-refractivity contribution is 5.80. The summed E-state index contributed by atoms with van der Waals surface area (Å²) in [7, 11) is 0. The van der Waals surface area contributed by atoms with E-state index in [0.717, 1.165) is 6.42 Å². The first-order chi connectivity index (χ1) is 7.76. The van der Waals surface area contributed by atoms with Crippen molar-refractivity contribution in [1.82, 2.24) is 5.32 Å². The van der Waals surface area contributed by atoms with Crippen molar-refractivity contribution in [3.63, 3.8) is 0 Å². The average molecular weight is 245 g/mol. The van der Waals surface area contributed by atoms with Gasteiger partial charge in [0.2, 0.25) is 0 Å². The Morgan fingerprint density at radius 3 is 2.29 bits per heavy atom. The topological polar surface area (TPSA) is 64.6 Å². The van der Waals surface area contributed by atoms with Crippen molar-refractivity contribution in [3.8, 4) is 0 Å². The van der Waals surface area contributed by atoms with E-state index in [1.165, 1.54) is 0 Å². The zero-order valence-corrected chi connectivity index (χ0v) is 11.3. The van der Waals surface area contributed by atoms with Crippen LogP contribution in [0.3, 0.4) is 0 Å². The number of hydrogen-bond acceptors (Lipinski definition) is 4. The fourth-order valence-corrected chi connectivity index (χ4v) is 0.887. The number of rotatable bonds is 5. The Bertz CT molecular complexity index is 258. The summed E-state index contributed by atoms with van der Waals surface area (Å²) in [6, 6.07) is -0.686. The van der Waals surface area contributed by atoms with Gasteiger partial charge in [-0.1, -0.05) is 27.7 Å². The molecule has 0 aromatic carbocycles. The predicted octanol–water partition coefficient (Wildman–Crippen LogP) is 2.10. The molecule has 0 heterocycles. The van der Waals surface area contributed by atoms with Crippen LogP contribution in [-0.2, 0) is 14.3 Å². The quantitative estimate of drug-likeness (QED) is 0.753. The van der Waals surface area contributed by atoms with Gasteiger partial charge in [0.1, 0.15) is 6.04 Å². The lowest BCUT2D eigenvalue weighted by atomic mass is 9.99. The molecule has 0 fully saturated rings. The minimum atomic E-state index is -0.686. The van der Waals surface area contributed by atoms with Crippen LogP contribution in [0.4, 0.5) is 4.79 Å². The van der Waals surface area contributed by atoms with Crippen molar-refractivity contribution in [2.75, 3.05) is 13.2 Å². The van der Waals surface area contributed by atoms with E-state index in [-0.39, 0.29) is 5.41 Å². The maximum Gasteiger partial charge on any atom is 0.407 e. The van der Waals surface area contributed by atoms with E-state index < -0.39 is 18.1 Å². The molecule has 1 amide bonds. The van der Waals surface area contributed by atoms with Gasteiger partial charge >= 0.3 is 12.1 Å². The maximum absolute atomic E-state index is 11.3. The van der Waals surface area contributed by atoms with E-state index in [4.69, 9.17) is 9.47 Å². The predicted molar refractivity (Wildman–Crippen MR) is 64.7 cm³/mol. The fraction of sp³-hybridized carbons (Fsp3) is 0.833. The molecule has 100 valence electrons. The summed E-state index contributed by atoms with van der Waals surface area (Å²) in [6.07, 6.45) is 0.160. The van der Waals surface area contributed by atoms with Gasteiger partial charge < -0.3 is 14.8 Å². The average Bonchev–Trinajstić information content (AvgIpc) is 2.22. The van der Waals surface area contributed by atoms with Gasteiger partial charge in [0.05, 0.1) is 13.2 Å². The molecule has 0 aliphatic carbocycles. The zero-order valence-electron chi connectivity index (χ0n) is 11.3. The Kier molecular flexibility index (Phi) is 6.61. The van der Waals surface area contributed by atoms with Crippen LogP contribution < -0.4 is 5.32 Å². The molecular weight excluding hydrogens is 222 g/mol. The number of hydrogen-bond donors (Lipinski definition) is 1. The maximum atomic E-state index is 11.3. The summed E-state index contributed by atoms with van der Waals surface area (Å²) in [5.74, 6) is -0.445. The molecule has 0 rings (SSSR count). The first-order valence-corrected chi connectivity index (χ1v) is 5.86. The second-order valence-electron chi connectivity index (χ2n) is 5.17. The Balaban J connectivity index is 3.91. The van der Waals surface area contributed by atoms with E-state index in [1.807, 2.05) is 27.7 Å². The van der Waals surface area contributed by atoms with Gasteiger partial charge in [-0.2, -0.15) is 0 Å². The highest BCUT2D eigenvalue weighted by Crippen LogP contribution is 2.12. The van der Waals surface area contributed by atoms with Gasteiger partial charge in [0.15, 0.2) is 0 Å². The first-order valence-electron chi connectivity index (χ1n) is 5.86. The third-order valence-electron chi connectivity index (χ3n) is 1.77. The van der Waals surface area contributed by atoms with Gasteiger partial charge in [-0.25, -0.2) is 9.59 Å². The van der Waals surface area contributed by atoms with E-state index in [2.05, 4.69) is 5.32 Å². The summed E-state index contributed by atoms with van der Waals surface area (Å²) in [6.45, 7) is 10.0. The molecule has 0 spiro atoms. The Hall–Kier alpha value is -1.26. The lowest BCUT2D eigenvalue weighted by Crippen LogP contribution is -2.40. The first kappa shape index (κ1) is 15.7. The minimum absolute atomic E-state index is 0.0940. The van der Waals surface area contributed by atoms with Crippen molar-refractivity contribution < 1.29 is 19.1 Å². The second kappa shape index (κ2) is 7.14. The molecule has 0 saturated heterocycles. The lowest BCUT2D eigenvalue weighted by Gasteiger charge is -2.19. The van der Waals surface area contributed by atoms with Crippen LogP contribution in [0.25, 0.3) is 0 Å². The molecule has 1 N–H and O–H groups in total. The molecule has 0 saturated carbocycles. The van der Waals surface area contributed by atoms with Gasteiger partial charge in [-0.3, -0.25) is 0 Å². The normalized spacial score (nSPS) is 12.8. The molecule has 1 atom stereocenters. The smallest absolute Gasteiger partial charge is 0.407 e. The van der Waals surface area contributed by atoms with Gasteiger partial charge in [0, 0.05) is 0 Å². The molecular formula is C12H23NO4. The monoisotopic (exact) mass is 245 g/mol. The van der Waals surface area contributed by atoms with Crippen molar-refractivity contribution in [1.29, 1.82) is 0 Å². The van der Waals surface area contributed by atoms with Crippen LogP contribution in [0.2, 0.25) is 0 Å². The number of amides is 1. The van der Waals surface area contributed by atoms with Gasteiger partial charge in [-0.15, -0.1) is 0 Å². The van der Waals surface area contributed by atoms with Crippen molar-refractivity contribution in [3.05, 3.63) is 0 Å². The molecule has 17 heavy (non-hydrogen) atoms. The second-order valence-corrected chi connectivity index (χ2v) is 5.17. The number of ether oxygens (including phenoxy) is 2. The molecule has 0 aromatic rings. The van der Waals surface area contributed by atoms with Gasteiger partial charge in [0.25, 0.3) is 0 Å². The van der Waals surface area contributed by atoms with Crippen LogP contribution in [-0.4, -0.2) is 31.3 Å². The third kappa shape index (κ3) is 8.54. The molecule has 0 aliphatic heterocycles. The largest absolute Gasteiger partial charge is 0.464 e. The molecule has 0 radical (unpaired) electrons. The summed E-state index contributed by atoms with van der Waals surface area (Å²) in [4.78, 5) is 22.7. The summed E-state index contributed by atoms with van der Waals surface area (Å²) in [5, 5.41) is 2.43. The highest BCUT2D eigenvalue weighted by atomic mass is 16.6. The van der Waals surface area contributed by atoms with E-state index in [0.29, 0.717) is 13.2 Å². The van der Waals surface area contributed by atoms with Crippen LogP contribution in [0.1, 0.15) is 41.0 Å². The van der Waals surface area contributed by atoms with Crippen molar-refractivity contribution in [2.45, 2.75) is 47.1 Å². The zero-order chi connectivity index (χ0) is 13.5. The standard InChI is InChI=1S/C12H23NO4/c1-6-7-16-10(14)9(2)13-11(15)17-8-12(3,4)5/h9H,6-8H2,1-5H3,(H,13,15)/t9-/m0/s1. The highest BCUT2D eigenvalue weighted by Gasteiger charge is 2.19. The van der Waals surface area contributed by atoms with Crippen LogP contribution in [0.5, 0.6) is 0 Å². The Morgan fingerprint density at radius 2 is 1.82 bits per heavy atom. The molecule has 0 aromatic heterocycles. The summed E-state index contributed by atoms with van der Waals surface area (Å²) >= 11 is 0. The van der Waals surface area contributed by atoms with E-state index in [9.17, 15) is 9.59 Å². The Morgan fingerprint density at radius 1 is 1.24 bits per heavy atom. The molecule has 5 heteroatoms. The van der Waals surface area contributed by atoms with Crippen LogP contribution >= 0.6 is 0 Å². The SMILES string of the molecule is CCCOC(=O)[C@H](C)NC(=O)OCC(C)(C)C. The molecule has 0 aliphatic rings. The molecule has 0 bridgehead atoms. The molecule has 5 nitrogen and oxygen atoms in total. The van der Waals surface area contributed by atoms with Crippen LogP contribution in [0.15, 0.2) is 0 Å². The minimum Gasteiger partial charge on any atom is -0.464 e. The van der Waals surface area contributed by atoms with Crippen LogP contribution in [0, 0.1) is 5.41 Å². The third-order valence-corrected chi connectivity index (χ3v) is 1.77.